The van der Waals surface area contributed by atoms with Crippen molar-refractivity contribution >= 4 is 29.3 Å². The molecule has 29 heavy (non-hydrogen) atoms. The van der Waals surface area contributed by atoms with Crippen molar-refractivity contribution in [1.82, 2.24) is 0 Å². The Hall–Kier alpha value is -3.48. The van der Waals surface area contributed by atoms with Gasteiger partial charge in [-0.3, -0.25) is 14.9 Å². The van der Waals surface area contributed by atoms with Crippen molar-refractivity contribution in [2.24, 2.45) is 0 Å². The van der Waals surface area contributed by atoms with Crippen LogP contribution in [-0.2, 0) is 14.3 Å². The van der Waals surface area contributed by atoms with E-state index in [1.807, 2.05) is 30.3 Å². The second-order valence-electron chi connectivity index (χ2n) is 6.98. The van der Waals surface area contributed by atoms with Crippen LogP contribution in [-0.4, -0.2) is 22.4 Å². The zero-order valence-electron chi connectivity index (χ0n) is 15.9. The van der Waals surface area contributed by atoms with Crippen LogP contribution in [0, 0.1) is 10.1 Å². The van der Waals surface area contributed by atoms with Crippen molar-refractivity contribution in [2.45, 2.75) is 37.7 Å². The molecule has 1 amide bonds. The van der Waals surface area contributed by atoms with Crippen molar-refractivity contribution in [3.05, 3.63) is 76.4 Å². The fourth-order valence-electron chi connectivity index (χ4n) is 3.36. The maximum atomic E-state index is 13.0. The smallest absolute Gasteiger partial charge is 0.331 e. The summed E-state index contributed by atoms with van der Waals surface area (Å²) in [5, 5.41) is 13.5. The van der Waals surface area contributed by atoms with E-state index in [0.29, 0.717) is 18.5 Å². The van der Waals surface area contributed by atoms with E-state index in [9.17, 15) is 19.7 Å². The number of benzene rings is 2. The third-order valence-electron chi connectivity index (χ3n) is 4.92. The molecule has 0 aromatic heterocycles. The van der Waals surface area contributed by atoms with Crippen LogP contribution in [0.4, 0.5) is 11.4 Å². The number of nitro benzene ring substituents is 1. The zero-order chi connectivity index (χ0) is 20.7. The average molecular weight is 394 g/mol. The van der Waals surface area contributed by atoms with Gasteiger partial charge in [0.25, 0.3) is 11.6 Å². The summed E-state index contributed by atoms with van der Waals surface area (Å²) >= 11 is 0. The number of amides is 1. The van der Waals surface area contributed by atoms with E-state index in [-0.39, 0.29) is 5.69 Å². The summed E-state index contributed by atoms with van der Waals surface area (Å²) in [5.74, 6) is -0.984. The van der Waals surface area contributed by atoms with E-state index in [1.165, 1.54) is 30.3 Å². The first-order valence-corrected chi connectivity index (χ1v) is 9.51. The summed E-state index contributed by atoms with van der Waals surface area (Å²) in [6, 6.07) is 14.9. The number of anilines is 1. The number of nitrogens with zero attached hydrogens (tertiary/aromatic N) is 1. The largest absolute Gasteiger partial charge is 0.446 e. The Morgan fingerprint density at radius 1 is 1.00 bits per heavy atom. The number of hydrogen-bond acceptors (Lipinski definition) is 5. The highest BCUT2D eigenvalue weighted by Crippen LogP contribution is 2.33. The molecule has 1 saturated carbocycles. The van der Waals surface area contributed by atoms with E-state index in [1.54, 1.807) is 6.08 Å². The second kappa shape index (κ2) is 9.14. The van der Waals surface area contributed by atoms with Crippen LogP contribution in [0.2, 0.25) is 0 Å². The SMILES string of the molecule is O=C(/C=C/c1ccccc1)OC1(C(=O)Nc2ccc([N+](=O)[O-])cc2)CCCCC1. The molecule has 0 bridgehead atoms. The summed E-state index contributed by atoms with van der Waals surface area (Å²) in [5.41, 5.74) is -0.0234. The highest BCUT2D eigenvalue weighted by molar-refractivity contribution is 6.00. The zero-order valence-corrected chi connectivity index (χ0v) is 15.9. The molecule has 1 aliphatic rings. The van der Waals surface area contributed by atoms with Gasteiger partial charge in [0.15, 0.2) is 5.60 Å². The Morgan fingerprint density at radius 3 is 2.28 bits per heavy atom. The first-order valence-electron chi connectivity index (χ1n) is 9.51. The van der Waals surface area contributed by atoms with E-state index in [2.05, 4.69) is 5.32 Å². The number of nitro groups is 1. The maximum absolute atomic E-state index is 13.0. The molecule has 7 heteroatoms. The number of rotatable bonds is 6. The van der Waals surface area contributed by atoms with Crippen molar-refractivity contribution in [3.8, 4) is 0 Å². The number of carbonyl (C=O) groups excluding carboxylic acids is 2. The maximum Gasteiger partial charge on any atom is 0.331 e. The number of ether oxygens (including phenoxy) is 1. The van der Waals surface area contributed by atoms with Gasteiger partial charge >= 0.3 is 5.97 Å². The lowest BCUT2D eigenvalue weighted by atomic mass is 9.83. The lowest BCUT2D eigenvalue weighted by molar-refractivity contribution is -0.384. The molecular formula is C22H22N2O5. The molecule has 150 valence electrons. The van der Waals surface area contributed by atoms with Crippen molar-refractivity contribution in [1.29, 1.82) is 0 Å². The van der Waals surface area contributed by atoms with Gasteiger partial charge in [0.2, 0.25) is 0 Å². The lowest BCUT2D eigenvalue weighted by Gasteiger charge is -2.34. The molecule has 0 unspecified atom stereocenters. The van der Waals surface area contributed by atoms with E-state index < -0.39 is 22.4 Å². The Labute approximate surface area is 168 Å². The number of nitrogens with one attached hydrogen (secondary N) is 1. The Morgan fingerprint density at radius 2 is 1.66 bits per heavy atom. The summed E-state index contributed by atoms with van der Waals surface area (Å²) in [4.78, 5) is 35.6. The first-order chi connectivity index (χ1) is 14.0. The minimum atomic E-state index is -1.24. The summed E-state index contributed by atoms with van der Waals surface area (Å²) < 4.78 is 5.65. The molecule has 0 spiro atoms. The lowest BCUT2D eigenvalue weighted by Crippen LogP contribution is -2.48. The molecule has 0 radical (unpaired) electrons. The van der Waals surface area contributed by atoms with Crippen molar-refractivity contribution < 1.29 is 19.2 Å². The van der Waals surface area contributed by atoms with E-state index in [4.69, 9.17) is 4.74 Å². The van der Waals surface area contributed by atoms with Crippen molar-refractivity contribution in [3.63, 3.8) is 0 Å². The van der Waals surface area contributed by atoms with E-state index >= 15 is 0 Å². The van der Waals surface area contributed by atoms with Gasteiger partial charge in [-0.05, 0) is 49.5 Å². The Kier molecular flexibility index (Phi) is 6.39. The molecule has 2 aromatic rings. The summed E-state index contributed by atoms with van der Waals surface area (Å²) in [6.07, 6.45) is 6.39. The van der Waals surface area contributed by atoms with Gasteiger partial charge in [0.05, 0.1) is 4.92 Å². The van der Waals surface area contributed by atoms with E-state index in [0.717, 1.165) is 24.8 Å². The topological polar surface area (TPSA) is 98.5 Å². The van der Waals surface area contributed by atoms with Gasteiger partial charge < -0.3 is 10.1 Å². The van der Waals surface area contributed by atoms with Gasteiger partial charge in [-0.15, -0.1) is 0 Å². The molecule has 2 aromatic carbocycles. The van der Waals surface area contributed by atoms with Gasteiger partial charge in [-0.25, -0.2) is 4.79 Å². The first kappa shape index (κ1) is 20.3. The highest BCUT2D eigenvalue weighted by atomic mass is 16.6. The van der Waals surface area contributed by atoms with Crippen LogP contribution in [0.1, 0.15) is 37.7 Å². The number of esters is 1. The fourth-order valence-corrected chi connectivity index (χ4v) is 3.36. The van der Waals surface area contributed by atoms with Crippen LogP contribution in [0.5, 0.6) is 0 Å². The normalized spacial score (nSPS) is 15.6. The molecule has 0 aliphatic heterocycles. The molecule has 0 heterocycles. The molecule has 1 fully saturated rings. The predicted octanol–water partition coefficient (Wildman–Crippen LogP) is 4.49. The number of hydrogen-bond donors (Lipinski definition) is 1. The van der Waals surface area contributed by atoms with Crippen LogP contribution in [0.3, 0.4) is 0 Å². The van der Waals surface area contributed by atoms with Gasteiger partial charge in [-0.1, -0.05) is 36.8 Å². The monoisotopic (exact) mass is 394 g/mol. The third kappa shape index (κ3) is 5.28. The highest BCUT2D eigenvalue weighted by Gasteiger charge is 2.43. The Balaban J connectivity index is 1.71. The van der Waals surface area contributed by atoms with Crippen LogP contribution in [0.25, 0.3) is 6.08 Å². The van der Waals surface area contributed by atoms with Gasteiger partial charge in [0, 0.05) is 23.9 Å². The van der Waals surface area contributed by atoms with Crippen LogP contribution in [0.15, 0.2) is 60.7 Å². The number of carbonyl (C=O) groups is 2. The van der Waals surface area contributed by atoms with Crippen molar-refractivity contribution in [2.75, 3.05) is 5.32 Å². The molecule has 7 nitrogen and oxygen atoms in total. The molecule has 1 aliphatic carbocycles. The Bertz CT molecular complexity index is 901. The third-order valence-corrected chi connectivity index (χ3v) is 4.92. The second-order valence-corrected chi connectivity index (χ2v) is 6.98. The minimum absolute atomic E-state index is 0.0622. The molecular weight excluding hydrogens is 372 g/mol. The van der Waals surface area contributed by atoms with Gasteiger partial charge in [0.1, 0.15) is 0 Å². The quantitative estimate of drug-likeness (QED) is 0.337. The van der Waals surface area contributed by atoms with Gasteiger partial charge in [-0.2, -0.15) is 0 Å². The summed E-state index contributed by atoms with van der Waals surface area (Å²) in [6.45, 7) is 0. The molecule has 0 saturated heterocycles. The molecule has 1 N–H and O–H groups in total. The van der Waals surface area contributed by atoms with Crippen LogP contribution >= 0.6 is 0 Å². The summed E-state index contributed by atoms with van der Waals surface area (Å²) in [7, 11) is 0. The molecule has 3 rings (SSSR count). The van der Waals surface area contributed by atoms with Crippen LogP contribution < -0.4 is 5.32 Å². The predicted molar refractivity (Wildman–Crippen MR) is 109 cm³/mol. The fraction of sp³-hybridized carbons (Fsp3) is 0.273. The molecule has 0 atom stereocenters. The minimum Gasteiger partial charge on any atom is -0.446 e. The number of non-ortho nitro benzene ring substituents is 1. The standard InChI is InChI=1S/C22H22N2O5/c25-20(14-9-17-7-3-1-4-8-17)29-22(15-5-2-6-16-22)21(26)23-18-10-12-19(13-11-18)24(27)28/h1,3-4,7-14H,2,5-6,15-16H2,(H,23,26)/b14-9+. The average Bonchev–Trinajstić information content (AvgIpc) is 2.74.